The highest BCUT2D eigenvalue weighted by Crippen LogP contribution is 2.27. The minimum Gasteiger partial charge on any atom is -0.351 e. The number of hydrogen-bond donors (Lipinski definition) is 1. The monoisotopic (exact) mass is 327 g/mol. The molecule has 0 spiro atoms. The molecule has 0 fully saturated rings. The van der Waals surface area contributed by atoms with Gasteiger partial charge in [-0.3, -0.25) is 4.79 Å². The number of rotatable bonds is 6. The molecule has 0 aliphatic carbocycles. The van der Waals surface area contributed by atoms with Crippen molar-refractivity contribution in [2.45, 2.75) is 57.9 Å². The molecule has 4 heteroatoms. The summed E-state index contributed by atoms with van der Waals surface area (Å²) >= 11 is 7.53. The van der Waals surface area contributed by atoms with Crippen molar-refractivity contribution in [1.82, 2.24) is 5.32 Å². The average Bonchev–Trinajstić information content (AvgIpc) is 2.27. The molecule has 0 saturated carbocycles. The Labute approximate surface area is 138 Å². The number of carbonyl (C=O) groups excluding carboxylic acids is 1. The lowest BCUT2D eigenvalue weighted by Gasteiger charge is -2.33. The number of halogens is 1. The highest BCUT2D eigenvalue weighted by atomic mass is 35.5. The second kappa shape index (κ2) is 7.55. The molecule has 21 heavy (non-hydrogen) atoms. The van der Waals surface area contributed by atoms with Crippen molar-refractivity contribution >= 4 is 29.3 Å². The highest BCUT2D eigenvalue weighted by molar-refractivity contribution is 7.99. The average molecular weight is 328 g/mol. The summed E-state index contributed by atoms with van der Waals surface area (Å²) in [6.45, 7) is 10.7. The molecule has 1 rings (SSSR count). The van der Waals surface area contributed by atoms with Crippen LogP contribution in [-0.4, -0.2) is 17.2 Å². The van der Waals surface area contributed by atoms with Crippen molar-refractivity contribution in [3.05, 3.63) is 29.3 Å². The van der Waals surface area contributed by atoms with E-state index in [9.17, 15) is 4.79 Å². The maximum atomic E-state index is 12.0. The first-order chi connectivity index (χ1) is 9.57. The Balaban J connectivity index is 2.35. The molecular weight excluding hydrogens is 302 g/mol. The van der Waals surface area contributed by atoms with Gasteiger partial charge in [-0.25, -0.2) is 0 Å². The molecule has 0 aromatic heterocycles. The molecule has 0 saturated heterocycles. The van der Waals surface area contributed by atoms with Crippen LogP contribution in [0.3, 0.4) is 0 Å². The van der Waals surface area contributed by atoms with E-state index in [1.165, 1.54) is 0 Å². The van der Waals surface area contributed by atoms with Gasteiger partial charge in [0.05, 0.1) is 0 Å². The number of amides is 1. The topological polar surface area (TPSA) is 29.1 Å². The van der Waals surface area contributed by atoms with Gasteiger partial charge in [-0.1, -0.05) is 32.4 Å². The SMILES string of the molecule is CC(C)(C)CC(C)(C)NC(=O)CCSc1ccc(Cl)cc1. The van der Waals surface area contributed by atoms with Crippen LogP contribution >= 0.6 is 23.4 Å². The zero-order valence-electron chi connectivity index (χ0n) is 13.6. The van der Waals surface area contributed by atoms with Crippen molar-refractivity contribution < 1.29 is 4.79 Å². The van der Waals surface area contributed by atoms with Crippen LogP contribution in [-0.2, 0) is 4.79 Å². The fourth-order valence-corrected chi connectivity index (χ4v) is 3.58. The maximum absolute atomic E-state index is 12.0. The van der Waals surface area contributed by atoms with Crippen LogP contribution in [0.15, 0.2) is 29.2 Å². The van der Waals surface area contributed by atoms with Crippen molar-refractivity contribution in [3.8, 4) is 0 Å². The summed E-state index contributed by atoms with van der Waals surface area (Å²) in [5.41, 5.74) is 0.0368. The Morgan fingerprint density at radius 1 is 1.14 bits per heavy atom. The van der Waals surface area contributed by atoms with E-state index in [0.717, 1.165) is 22.1 Å². The number of benzene rings is 1. The van der Waals surface area contributed by atoms with Gasteiger partial charge >= 0.3 is 0 Å². The predicted octanol–water partition coefficient (Wildman–Crippen LogP) is 5.15. The molecule has 1 amide bonds. The van der Waals surface area contributed by atoms with Crippen LogP contribution in [0, 0.1) is 5.41 Å². The molecular formula is C17H26ClNOS. The molecule has 1 aromatic carbocycles. The first-order valence-electron chi connectivity index (χ1n) is 7.27. The summed E-state index contributed by atoms with van der Waals surface area (Å²) in [6.07, 6.45) is 1.48. The van der Waals surface area contributed by atoms with E-state index in [0.29, 0.717) is 6.42 Å². The van der Waals surface area contributed by atoms with Crippen LogP contribution in [0.2, 0.25) is 5.02 Å². The Morgan fingerprint density at radius 2 is 1.71 bits per heavy atom. The summed E-state index contributed by atoms with van der Waals surface area (Å²) < 4.78 is 0. The van der Waals surface area contributed by atoms with Gasteiger partial charge in [0.15, 0.2) is 0 Å². The number of nitrogens with one attached hydrogen (secondary N) is 1. The van der Waals surface area contributed by atoms with Crippen molar-refractivity contribution in [1.29, 1.82) is 0 Å². The molecule has 118 valence electrons. The molecule has 0 unspecified atom stereocenters. The van der Waals surface area contributed by atoms with Crippen LogP contribution in [0.25, 0.3) is 0 Å². The van der Waals surface area contributed by atoms with Gasteiger partial charge in [-0.15, -0.1) is 11.8 Å². The Hall–Kier alpha value is -0.670. The van der Waals surface area contributed by atoms with Gasteiger partial charge in [0.1, 0.15) is 0 Å². The molecule has 0 aliphatic rings. The molecule has 1 N–H and O–H groups in total. The van der Waals surface area contributed by atoms with Crippen LogP contribution in [0.1, 0.15) is 47.5 Å². The molecule has 0 bridgehead atoms. The zero-order chi connectivity index (χ0) is 16.1. The number of thioether (sulfide) groups is 1. The van der Waals surface area contributed by atoms with E-state index in [-0.39, 0.29) is 16.9 Å². The Morgan fingerprint density at radius 3 is 2.24 bits per heavy atom. The molecule has 0 radical (unpaired) electrons. The summed E-state index contributed by atoms with van der Waals surface area (Å²) in [6, 6.07) is 7.70. The van der Waals surface area contributed by atoms with Gasteiger partial charge in [-0.2, -0.15) is 0 Å². The molecule has 1 aromatic rings. The normalized spacial score (nSPS) is 12.3. The summed E-state index contributed by atoms with van der Waals surface area (Å²) in [7, 11) is 0. The second-order valence-electron chi connectivity index (χ2n) is 7.22. The lowest BCUT2D eigenvalue weighted by molar-refractivity contribution is -0.122. The predicted molar refractivity (Wildman–Crippen MR) is 93.1 cm³/mol. The largest absolute Gasteiger partial charge is 0.351 e. The van der Waals surface area contributed by atoms with Crippen LogP contribution in [0.4, 0.5) is 0 Å². The molecule has 2 nitrogen and oxygen atoms in total. The zero-order valence-corrected chi connectivity index (χ0v) is 15.2. The van der Waals surface area contributed by atoms with Crippen LogP contribution in [0.5, 0.6) is 0 Å². The highest BCUT2D eigenvalue weighted by Gasteiger charge is 2.26. The number of hydrogen-bond acceptors (Lipinski definition) is 2. The fourth-order valence-electron chi connectivity index (χ4n) is 2.60. The van der Waals surface area contributed by atoms with Crippen LogP contribution < -0.4 is 5.32 Å². The third-order valence-electron chi connectivity index (χ3n) is 2.86. The minimum absolute atomic E-state index is 0.116. The summed E-state index contributed by atoms with van der Waals surface area (Å²) in [5, 5.41) is 3.87. The van der Waals surface area contributed by atoms with Gasteiger partial charge in [0.25, 0.3) is 0 Å². The van der Waals surface area contributed by atoms with E-state index >= 15 is 0 Å². The Bertz CT molecular complexity index is 463. The van der Waals surface area contributed by atoms with Gasteiger partial charge in [-0.05, 0) is 49.9 Å². The summed E-state index contributed by atoms with van der Waals surface area (Å²) in [5.74, 6) is 0.893. The molecule has 0 heterocycles. The third-order valence-corrected chi connectivity index (χ3v) is 4.13. The Kier molecular flexibility index (Phi) is 6.61. The van der Waals surface area contributed by atoms with Crippen molar-refractivity contribution in [3.63, 3.8) is 0 Å². The fraction of sp³-hybridized carbons (Fsp3) is 0.588. The first-order valence-corrected chi connectivity index (χ1v) is 8.63. The lowest BCUT2D eigenvalue weighted by Crippen LogP contribution is -2.45. The van der Waals surface area contributed by atoms with E-state index < -0.39 is 0 Å². The standard InChI is InChI=1S/C17H26ClNOS/c1-16(2,3)12-17(4,5)19-15(20)10-11-21-14-8-6-13(18)7-9-14/h6-9H,10-12H2,1-5H3,(H,19,20). The maximum Gasteiger partial charge on any atom is 0.221 e. The second-order valence-corrected chi connectivity index (χ2v) is 8.83. The smallest absolute Gasteiger partial charge is 0.221 e. The van der Waals surface area contributed by atoms with E-state index in [2.05, 4.69) is 39.9 Å². The quantitative estimate of drug-likeness (QED) is 0.732. The third kappa shape index (κ3) is 8.37. The van der Waals surface area contributed by atoms with Gasteiger partial charge in [0.2, 0.25) is 5.91 Å². The van der Waals surface area contributed by atoms with Crippen molar-refractivity contribution in [2.75, 3.05) is 5.75 Å². The van der Waals surface area contributed by atoms with E-state index in [1.54, 1.807) is 11.8 Å². The van der Waals surface area contributed by atoms with E-state index in [1.807, 2.05) is 24.3 Å². The first kappa shape index (κ1) is 18.4. The van der Waals surface area contributed by atoms with Gasteiger partial charge in [0, 0.05) is 27.6 Å². The van der Waals surface area contributed by atoms with Crippen molar-refractivity contribution in [2.24, 2.45) is 5.41 Å². The molecule has 0 atom stereocenters. The van der Waals surface area contributed by atoms with Gasteiger partial charge < -0.3 is 5.32 Å². The molecule has 0 aliphatic heterocycles. The number of carbonyl (C=O) groups is 1. The van der Waals surface area contributed by atoms with E-state index in [4.69, 9.17) is 11.6 Å². The minimum atomic E-state index is -0.166. The summed E-state index contributed by atoms with van der Waals surface area (Å²) in [4.78, 5) is 13.2. The lowest BCUT2D eigenvalue weighted by atomic mass is 9.82.